The fourth-order valence-corrected chi connectivity index (χ4v) is 9.82. The predicted octanol–water partition coefficient (Wildman–Crippen LogP) is 5.27. The third-order valence-electron chi connectivity index (χ3n) is 12.3. The quantitative estimate of drug-likeness (QED) is 0.341. The number of aromatic nitrogens is 1. The van der Waals surface area contributed by atoms with E-state index in [1.54, 1.807) is 19.9 Å². The summed E-state index contributed by atoms with van der Waals surface area (Å²) in [6, 6.07) is 2.31. The molecule has 3 fully saturated rings. The first kappa shape index (κ1) is 39.9. The first-order valence-corrected chi connectivity index (χ1v) is 21.4. The second kappa shape index (κ2) is 14.6. The van der Waals surface area contributed by atoms with Crippen molar-refractivity contribution in [3.05, 3.63) is 47.4 Å². The first-order valence-electron chi connectivity index (χ1n) is 19.9. The predicted molar refractivity (Wildman–Crippen MR) is 206 cm³/mol. The summed E-state index contributed by atoms with van der Waals surface area (Å²) < 4.78 is 54.3. The van der Waals surface area contributed by atoms with Crippen LogP contribution in [0.15, 0.2) is 30.4 Å². The summed E-state index contributed by atoms with van der Waals surface area (Å²) in [6.45, 7) is 9.30. The van der Waals surface area contributed by atoms with Gasteiger partial charge in [-0.2, -0.15) is 0 Å². The standard InChI is InChI=1S/C41H54FN5O8S/c1-25-33-29(28-14-13-27(42)21-31(28)43-25)16-17-40(55-33)22-32-34(48)45-41(36(50)46-56(52,53)39(5)19-20-39)18-15-26(41)11-9-7-6-8-10-12-30(35(49)47(32)23-40)44-37(51)54-24-38(2,3)4/h9,11,13-14,21,26,30,32H,6-8,10,12,15-20,22-24H2,1-5H3,(H,44,51)(H,45,48)(H,46,50). The van der Waals surface area contributed by atoms with Gasteiger partial charge in [0.15, 0.2) is 0 Å². The maximum absolute atomic E-state index is 14.8. The van der Waals surface area contributed by atoms with Crippen molar-refractivity contribution in [2.75, 3.05) is 13.2 Å². The number of aryl methyl sites for hydroxylation is 2. The van der Waals surface area contributed by atoms with Gasteiger partial charge in [-0.1, -0.05) is 45.8 Å². The molecule has 5 aliphatic rings. The van der Waals surface area contributed by atoms with Crippen molar-refractivity contribution in [1.82, 2.24) is 25.2 Å². The summed E-state index contributed by atoms with van der Waals surface area (Å²) in [4.78, 5) is 62.9. The Hall–Kier alpha value is -4.27. The highest BCUT2D eigenvalue weighted by atomic mass is 32.2. The fourth-order valence-electron chi connectivity index (χ4n) is 8.51. The molecule has 1 aromatic heterocycles. The molecule has 1 aromatic carbocycles. The van der Waals surface area contributed by atoms with E-state index in [1.165, 1.54) is 17.0 Å². The Balaban J connectivity index is 1.24. The molecule has 15 heteroatoms. The van der Waals surface area contributed by atoms with Crippen LogP contribution in [0.5, 0.6) is 5.75 Å². The molecule has 2 aromatic rings. The lowest BCUT2D eigenvalue weighted by atomic mass is 9.65. The minimum atomic E-state index is -4.02. The molecule has 4 heterocycles. The number of pyridine rings is 1. The normalized spacial score (nSPS) is 29.0. The van der Waals surface area contributed by atoms with Crippen LogP contribution in [-0.2, 0) is 35.6 Å². The molecule has 0 bridgehead atoms. The van der Waals surface area contributed by atoms with E-state index in [4.69, 9.17) is 9.47 Å². The zero-order chi connectivity index (χ0) is 40.3. The van der Waals surface area contributed by atoms with E-state index in [-0.39, 0.29) is 31.4 Å². The average Bonchev–Trinajstić information content (AvgIpc) is 3.79. The van der Waals surface area contributed by atoms with Gasteiger partial charge in [-0.3, -0.25) is 19.1 Å². The van der Waals surface area contributed by atoms with Crippen LogP contribution in [0.1, 0.15) is 110 Å². The van der Waals surface area contributed by atoms with Crippen molar-refractivity contribution in [3.8, 4) is 5.75 Å². The van der Waals surface area contributed by atoms with Gasteiger partial charge >= 0.3 is 6.09 Å². The minimum absolute atomic E-state index is 0.00867. The summed E-state index contributed by atoms with van der Waals surface area (Å²) in [5.41, 5.74) is -0.980. The number of fused-ring (bicyclic) bond motifs is 5. The molecular formula is C41H54FN5O8S. The fraction of sp³-hybridized carbons (Fsp3) is 0.634. The summed E-state index contributed by atoms with van der Waals surface area (Å²) in [6.07, 6.45) is 8.93. The number of nitrogens with zero attached hydrogens (tertiary/aromatic N) is 2. The maximum Gasteiger partial charge on any atom is 0.407 e. The van der Waals surface area contributed by atoms with E-state index >= 15 is 0 Å². The van der Waals surface area contributed by atoms with Crippen molar-refractivity contribution >= 4 is 44.7 Å². The van der Waals surface area contributed by atoms with Crippen LogP contribution in [0.4, 0.5) is 9.18 Å². The highest BCUT2D eigenvalue weighted by Gasteiger charge is 2.59. The topological polar surface area (TPSA) is 173 Å². The van der Waals surface area contributed by atoms with Gasteiger partial charge in [0.25, 0.3) is 5.91 Å². The molecule has 3 N–H and O–H groups in total. The van der Waals surface area contributed by atoms with E-state index in [2.05, 4.69) is 20.3 Å². The Bertz CT molecular complexity index is 2080. The molecule has 0 radical (unpaired) electrons. The van der Waals surface area contributed by atoms with E-state index in [9.17, 15) is 32.0 Å². The number of amides is 4. The summed E-state index contributed by atoms with van der Waals surface area (Å²) in [7, 11) is -4.02. The van der Waals surface area contributed by atoms with Crippen LogP contribution in [-0.4, -0.2) is 83.2 Å². The third-order valence-corrected chi connectivity index (χ3v) is 14.5. The van der Waals surface area contributed by atoms with Crippen molar-refractivity contribution in [3.63, 3.8) is 0 Å². The first-order chi connectivity index (χ1) is 26.3. The molecule has 1 spiro atoms. The molecule has 2 saturated carbocycles. The van der Waals surface area contributed by atoms with Gasteiger partial charge in [0, 0.05) is 29.4 Å². The number of carbonyl (C=O) groups is 4. The summed E-state index contributed by atoms with van der Waals surface area (Å²) in [5.74, 6) is -2.22. The molecule has 304 valence electrons. The lowest BCUT2D eigenvalue weighted by Crippen LogP contribution is -2.70. The molecule has 5 unspecified atom stereocenters. The number of sulfonamides is 1. The monoisotopic (exact) mass is 795 g/mol. The Kier molecular flexibility index (Phi) is 10.4. The van der Waals surface area contributed by atoms with Crippen molar-refractivity contribution in [2.45, 2.75) is 140 Å². The lowest BCUT2D eigenvalue weighted by Gasteiger charge is -2.48. The van der Waals surface area contributed by atoms with Crippen molar-refractivity contribution in [1.29, 1.82) is 0 Å². The molecular weight excluding hydrogens is 742 g/mol. The highest BCUT2D eigenvalue weighted by molar-refractivity contribution is 7.91. The number of nitrogens with one attached hydrogen (secondary N) is 3. The van der Waals surface area contributed by atoms with Crippen LogP contribution < -0.4 is 20.1 Å². The van der Waals surface area contributed by atoms with Gasteiger partial charge < -0.3 is 25.0 Å². The number of benzene rings is 1. The maximum atomic E-state index is 14.8. The molecule has 56 heavy (non-hydrogen) atoms. The lowest BCUT2D eigenvalue weighted by molar-refractivity contribution is -0.144. The van der Waals surface area contributed by atoms with Crippen LogP contribution in [0.3, 0.4) is 0 Å². The number of hydrogen-bond acceptors (Lipinski definition) is 9. The summed E-state index contributed by atoms with van der Waals surface area (Å²) in [5, 5.41) is 6.53. The molecule has 4 amide bonds. The number of halogens is 1. The number of allylic oxidation sites excluding steroid dienone is 1. The number of rotatable bonds is 5. The largest absolute Gasteiger partial charge is 0.483 e. The van der Waals surface area contributed by atoms with Crippen LogP contribution in [0.2, 0.25) is 0 Å². The second-order valence-electron chi connectivity index (χ2n) is 18.0. The minimum Gasteiger partial charge on any atom is -0.483 e. The summed E-state index contributed by atoms with van der Waals surface area (Å²) >= 11 is 0. The number of hydrogen-bond donors (Lipinski definition) is 3. The van der Waals surface area contributed by atoms with E-state index < -0.39 is 73.5 Å². The molecule has 7 rings (SSSR count). The van der Waals surface area contributed by atoms with E-state index in [0.29, 0.717) is 68.3 Å². The highest BCUT2D eigenvalue weighted by Crippen LogP contribution is 2.47. The number of ether oxygens (including phenoxy) is 2. The van der Waals surface area contributed by atoms with Crippen molar-refractivity contribution in [2.24, 2.45) is 11.3 Å². The van der Waals surface area contributed by atoms with Crippen LogP contribution in [0.25, 0.3) is 10.9 Å². The zero-order valence-corrected chi connectivity index (χ0v) is 33.8. The molecule has 3 aliphatic heterocycles. The van der Waals surface area contributed by atoms with E-state index in [0.717, 1.165) is 23.8 Å². The van der Waals surface area contributed by atoms with Gasteiger partial charge in [0.05, 0.1) is 29.1 Å². The van der Waals surface area contributed by atoms with E-state index in [1.807, 2.05) is 32.9 Å². The van der Waals surface area contributed by atoms with Gasteiger partial charge in [-0.15, -0.1) is 0 Å². The average molecular weight is 796 g/mol. The smallest absolute Gasteiger partial charge is 0.407 e. The van der Waals surface area contributed by atoms with Crippen molar-refractivity contribution < 1.29 is 41.5 Å². The Morgan fingerprint density at radius 2 is 1.88 bits per heavy atom. The Labute approximate surface area is 328 Å². The second-order valence-corrected chi connectivity index (χ2v) is 20.2. The van der Waals surface area contributed by atoms with Gasteiger partial charge in [-0.25, -0.2) is 22.6 Å². The third kappa shape index (κ3) is 7.71. The molecule has 13 nitrogen and oxygen atoms in total. The zero-order valence-electron chi connectivity index (χ0n) is 33.0. The van der Waals surface area contributed by atoms with Gasteiger partial charge in [0.2, 0.25) is 21.8 Å². The SMILES string of the molecule is Cc1nc2cc(F)ccc2c2c1OC1(CC2)CC2C(=O)NC3(C(=O)NS(=O)(=O)C4(C)CC4)CCC3C=CCCCCCC(NC(=O)OCC(C)(C)C)C(=O)N2C1. The van der Waals surface area contributed by atoms with Crippen LogP contribution in [0, 0.1) is 24.1 Å². The molecule has 5 atom stereocenters. The number of carbonyl (C=O) groups excluding carboxylic acids is 4. The molecule has 2 aliphatic carbocycles. The Morgan fingerprint density at radius 1 is 1.11 bits per heavy atom. The van der Waals surface area contributed by atoms with Gasteiger partial charge in [-0.05, 0) is 89.2 Å². The molecule has 1 saturated heterocycles. The van der Waals surface area contributed by atoms with Crippen LogP contribution >= 0.6 is 0 Å². The Morgan fingerprint density at radius 3 is 2.57 bits per heavy atom. The number of alkyl carbamates (subject to hydrolysis) is 1. The van der Waals surface area contributed by atoms with Gasteiger partial charge in [0.1, 0.15) is 34.8 Å².